The SMILES string of the molecule is CN(Cc1cccs1)C(=O)c1ccc2c(c1)CCN2. The molecule has 2 aromatic rings. The molecule has 0 atom stereocenters. The largest absolute Gasteiger partial charge is 0.384 e. The van der Waals surface area contributed by atoms with E-state index >= 15 is 0 Å². The summed E-state index contributed by atoms with van der Waals surface area (Å²) >= 11 is 1.68. The topological polar surface area (TPSA) is 32.3 Å². The second kappa shape index (κ2) is 5.05. The molecule has 0 saturated heterocycles. The van der Waals surface area contributed by atoms with Crippen LogP contribution in [0, 0.1) is 0 Å². The van der Waals surface area contributed by atoms with Gasteiger partial charge in [-0.2, -0.15) is 0 Å². The minimum Gasteiger partial charge on any atom is -0.384 e. The van der Waals surface area contributed by atoms with Gasteiger partial charge < -0.3 is 10.2 Å². The van der Waals surface area contributed by atoms with E-state index in [9.17, 15) is 4.79 Å². The predicted octanol–water partition coefficient (Wildman–Crippen LogP) is 2.99. The molecule has 0 bridgehead atoms. The van der Waals surface area contributed by atoms with Crippen LogP contribution >= 0.6 is 11.3 Å². The Morgan fingerprint density at radius 1 is 1.42 bits per heavy atom. The maximum atomic E-state index is 12.4. The summed E-state index contributed by atoms with van der Waals surface area (Å²) < 4.78 is 0. The highest BCUT2D eigenvalue weighted by Crippen LogP contribution is 2.23. The smallest absolute Gasteiger partial charge is 0.253 e. The molecule has 1 aromatic carbocycles. The second-order valence-corrected chi connectivity index (χ2v) is 5.82. The molecule has 1 aliphatic rings. The van der Waals surface area contributed by atoms with E-state index in [0.717, 1.165) is 24.2 Å². The number of nitrogens with zero attached hydrogens (tertiary/aromatic N) is 1. The number of nitrogens with one attached hydrogen (secondary N) is 1. The number of anilines is 1. The number of benzene rings is 1. The number of thiophene rings is 1. The molecular weight excluding hydrogens is 256 g/mol. The molecule has 0 unspecified atom stereocenters. The van der Waals surface area contributed by atoms with Crippen molar-refractivity contribution in [3.05, 3.63) is 51.7 Å². The van der Waals surface area contributed by atoms with Gasteiger partial charge in [0.05, 0.1) is 6.54 Å². The zero-order valence-corrected chi connectivity index (χ0v) is 11.7. The van der Waals surface area contributed by atoms with Gasteiger partial charge in [0.15, 0.2) is 0 Å². The second-order valence-electron chi connectivity index (χ2n) is 4.79. The molecule has 0 fully saturated rings. The van der Waals surface area contributed by atoms with Crippen LogP contribution in [0.1, 0.15) is 20.8 Å². The first-order valence-corrected chi connectivity index (χ1v) is 7.26. The fraction of sp³-hybridized carbons (Fsp3) is 0.267. The highest BCUT2D eigenvalue weighted by molar-refractivity contribution is 7.09. The van der Waals surface area contributed by atoms with E-state index in [4.69, 9.17) is 0 Å². The maximum absolute atomic E-state index is 12.4. The first-order valence-electron chi connectivity index (χ1n) is 6.39. The molecule has 0 saturated carbocycles. The van der Waals surface area contributed by atoms with Crippen molar-refractivity contribution in [2.24, 2.45) is 0 Å². The van der Waals surface area contributed by atoms with Crippen LogP contribution in [0.4, 0.5) is 5.69 Å². The quantitative estimate of drug-likeness (QED) is 0.931. The van der Waals surface area contributed by atoms with Crippen molar-refractivity contribution in [1.82, 2.24) is 4.90 Å². The van der Waals surface area contributed by atoms with Crippen molar-refractivity contribution in [3.8, 4) is 0 Å². The van der Waals surface area contributed by atoms with Gasteiger partial charge in [-0.15, -0.1) is 11.3 Å². The van der Waals surface area contributed by atoms with Crippen molar-refractivity contribution in [2.75, 3.05) is 18.9 Å². The third-order valence-corrected chi connectivity index (χ3v) is 4.24. The van der Waals surface area contributed by atoms with Crippen LogP contribution in [-0.4, -0.2) is 24.4 Å². The molecule has 98 valence electrons. The third kappa shape index (κ3) is 2.49. The minimum atomic E-state index is 0.0862. The van der Waals surface area contributed by atoms with Crippen LogP contribution in [0.2, 0.25) is 0 Å². The summed E-state index contributed by atoms with van der Waals surface area (Å²) in [7, 11) is 1.85. The number of hydrogen-bond donors (Lipinski definition) is 1. The van der Waals surface area contributed by atoms with Gasteiger partial charge in [0.2, 0.25) is 0 Å². The summed E-state index contributed by atoms with van der Waals surface area (Å²) in [5.41, 5.74) is 3.19. The molecule has 0 spiro atoms. The Hall–Kier alpha value is -1.81. The van der Waals surface area contributed by atoms with Crippen LogP contribution in [-0.2, 0) is 13.0 Å². The summed E-state index contributed by atoms with van der Waals surface area (Å²) in [5.74, 6) is 0.0862. The zero-order valence-electron chi connectivity index (χ0n) is 10.8. The molecule has 2 heterocycles. The van der Waals surface area contributed by atoms with Crippen molar-refractivity contribution in [2.45, 2.75) is 13.0 Å². The fourth-order valence-corrected chi connectivity index (χ4v) is 3.12. The Bertz CT molecular complexity index is 592. The molecule has 3 rings (SSSR count). The average Bonchev–Trinajstić information content (AvgIpc) is 3.07. The lowest BCUT2D eigenvalue weighted by atomic mass is 10.1. The molecule has 1 aliphatic heterocycles. The first kappa shape index (κ1) is 12.2. The molecule has 1 N–H and O–H groups in total. The molecule has 0 radical (unpaired) electrons. The van der Waals surface area contributed by atoms with E-state index in [0.29, 0.717) is 6.54 Å². The Morgan fingerprint density at radius 2 is 2.32 bits per heavy atom. The van der Waals surface area contributed by atoms with Crippen LogP contribution in [0.3, 0.4) is 0 Å². The Morgan fingerprint density at radius 3 is 3.11 bits per heavy atom. The maximum Gasteiger partial charge on any atom is 0.253 e. The van der Waals surface area contributed by atoms with Gasteiger partial charge in [0, 0.05) is 29.7 Å². The van der Waals surface area contributed by atoms with Gasteiger partial charge in [-0.05, 0) is 41.6 Å². The van der Waals surface area contributed by atoms with Crippen molar-refractivity contribution in [1.29, 1.82) is 0 Å². The summed E-state index contributed by atoms with van der Waals surface area (Å²) in [6, 6.07) is 10.0. The number of rotatable bonds is 3. The number of carbonyl (C=O) groups is 1. The summed E-state index contributed by atoms with van der Waals surface area (Å²) in [6.45, 7) is 1.64. The van der Waals surface area contributed by atoms with Crippen LogP contribution in [0.15, 0.2) is 35.7 Å². The molecule has 1 aromatic heterocycles. The van der Waals surface area contributed by atoms with Gasteiger partial charge in [-0.3, -0.25) is 4.79 Å². The molecule has 19 heavy (non-hydrogen) atoms. The lowest BCUT2D eigenvalue weighted by Gasteiger charge is -2.16. The normalized spacial score (nSPS) is 12.9. The van der Waals surface area contributed by atoms with Gasteiger partial charge in [-0.1, -0.05) is 6.07 Å². The summed E-state index contributed by atoms with van der Waals surface area (Å²) in [4.78, 5) is 15.4. The lowest BCUT2D eigenvalue weighted by molar-refractivity contribution is 0.0786. The molecule has 4 heteroatoms. The van der Waals surface area contributed by atoms with Crippen molar-refractivity contribution in [3.63, 3.8) is 0 Å². The lowest BCUT2D eigenvalue weighted by Crippen LogP contribution is -2.25. The van der Waals surface area contributed by atoms with Gasteiger partial charge in [-0.25, -0.2) is 0 Å². The summed E-state index contributed by atoms with van der Waals surface area (Å²) in [5, 5.41) is 5.35. The standard InChI is InChI=1S/C15H16N2OS/c1-17(10-13-3-2-8-19-13)15(18)12-4-5-14-11(9-12)6-7-16-14/h2-5,8-9,16H,6-7,10H2,1H3. The van der Waals surface area contributed by atoms with Crippen LogP contribution < -0.4 is 5.32 Å². The number of hydrogen-bond acceptors (Lipinski definition) is 3. The number of amides is 1. The van der Waals surface area contributed by atoms with Crippen LogP contribution in [0.25, 0.3) is 0 Å². The van der Waals surface area contributed by atoms with E-state index in [-0.39, 0.29) is 5.91 Å². The van der Waals surface area contributed by atoms with Gasteiger partial charge in [0.25, 0.3) is 5.91 Å². The minimum absolute atomic E-state index is 0.0862. The monoisotopic (exact) mass is 272 g/mol. The first-order chi connectivity index (χ1) is 9.24. The fourth-order valence-electron chi connectivity index (χ4n) is 2.37. The number of carbonyl (C=O) groups excluding carboxylic acids is 1. The highest BCUT2D eigenvalue weighted by atomic mass is 32.1. The average molecular weight is 272 g/mol. The van der Waals surface area contributed by atoms with Crippen molar-refractivity contribution < 1.29 is 4.79 Å². The zero-order chi connectivity index (χ0) is 13.2. The highest BCUT2D eigenvalue weighted by Gasteiger charge is 2.16. The summed E-state index contributed by atoms with van der Waals surface area (Å²) in [6.07, 6.45) is 1.01. The van der Waals surface area contributed by atoms with Crippen molar-refractivity contribution >= 4 is 22.9 Å². The molecule has 0 aliphatic carbocycles. The Kier molecular flexibility index (Phi) is 3.25. The van der Waals surface area contributed by atoms with E-state index < -0.39 is 0 Å². The van der Waals surface area contributed by atoms with E-state index in [2.05, 4.69) is 11.4 Å². The Balaban J connectivity index is 1.76. The Labute approximate surface area is 116 Å². The molecular formula is C15H16N2OS. The predicted molar refractivity (Wildman–Crippen MR) is 78.8 cm³/mol. The number of fused-ring (bicyclic) bond motifs is 1. The van der Waals surface area contributed by atoms with Crippen LogP contribution in [0.5, 0.6) is 0 Å². The van der Waals surface area contributed by atoms with E-state index in [1.165, 1.54) is 10.4 Å². The van der Waals surface area contributed by atoms with E-state index in [1.807, 2.05) is 36.7 Å². The molecule has 3 nitrogen and oxygen atoms in total. The van der Waals surface area contributed by atoms with Gasteiger partial charge in [0.1, 0.15) is 0 Å². The van der Waals surface area contributed by atoms with E-state index in [1.54, 1.807) is 16.2 Å². The third-order valence-electron chi connectivity index (χ3n) is 3.38. The van der Waals surface area contributed by atoms with Gasteiger partial charge >= 0.3 is 0 Å². The molecule has 1 amide bonds.